The molecule has 0 unspecified atom stereocenters. The van der Waals surface area contributed by atoms with E-state index in [1.54, 1.807) is 6.07 Å². The number of nitrogens with zero attached hydrogens (tertiary/aromatic N) is 1. The molecule has 1 aromatic carbocycles. The molecule has 0 radical (unpaired) electrons. The second-order valence-corrected chi connectivity index (χ2v) is 8.04. The van der Waals surface area contributed by atoms with Gasteiger partial charge in [-0.05, 0) is 51.9 Å². The number of amides is 1. The summed E-state index contributed by atoms with van der Waals surface area (Å²) in [6, 6.07) is 14.9. The zero-order valence-corrected chi connectivity index (χ0v) is 16.9. The summed E-state index contributed by atoms with van der Waals surface area (Å²) < 4.78 is 6.76. The predicted molar refractivity (Wildman–Crippen MR) is 111 cm³/mol. The third-order valence-corrected chi connectivity index (χ3v) is 5.63. The molecule has 0 spiro atoms. The number of furan rings is 1. The fraction of sp³-hybridized carbons (Fsp3) is 0.0556. The SMILES string of the molecule is O=C(Nn1c(=S)[nH]c2sc(Cc3ccccc3)cc2c1=O)c1ccc(Br)o1. The van der Waals surface area contributed by atoms with Crippen LogP contribution in [-0.2, 0) is 6.42 Å². The highest BCUT2D eigenvalue weighted by Crippen LogP contribution is 2.23. The van der Waals surface area contributed by atoms with Gasteiger partial charge < -0.3 is 9.40 Å². The Labute approximate surface area is 170 Å². The third kappa shape index (κ3) is 3.66. The normalized spacial score (nSPS) is 11.0. The molecule has 0 saturated carbocycles. The average Bonchev–Trinajstić information content (AvgIpc) is 3.25. The molecule has 2 N–H and O–H groups in total. The van der Waals surface area contributed by atoms with Crippen LogP contribution in [0.25, 0.3) is 10.2 Å². The number of carbonyl (C=O) groups excluding carboxylic acids is 1. The van der Waals surface area contributed by atoms with Gasteiger partial charge in [0.1, 0.15) is 4.83 Å². The van der Waals surface area contributed by atoms with Gasteiger partial charge in [0.05, 0.1) is 5.39 Å². The lowest BCUT2D eigenvalue weighted by Crippen LogP contribution is -2.34. The molecule has 136 valence electrons. The van der Waals surface area contributed by atoms with Crippen molar-refractivity contribution < 1.29 is 9.21 Å². The number of hydrogen-bond donors (Lipinski definition) is 2. The molecular formula is C18H12BrN3O3S2. The minimum absolute atomic E-state index is 0.0679. The number of fused-ring (bicyclic) bond motifs is 1. The van der Waals surface area contributed by atoms with Gasteiger partial charge in [-0.1, -0.05) is 30.3 Å². The number of rotatable bonds is 4. The van der Waals surface area contributed by atoms with Crippen LogP contribution in [0.1, 0.15) is 21.0 Å². The van der Waals surface area contributed by atoms with Crippen molar-refractivity contribution in [2.75, 3.05) is 5.43 Å². The molecule has 27 heavy (non-hydrogen) atoms. The van der Waals surface area contributed by atoms with Crippen molar-refractivity contribution in [3.8, 4) is 0 Å². The summed E-state index contributed by atoms with van der Waals surface area (Å²) in [5.74, 6) is -0.500. The van der Waals surface area contributed by atoms with Gasteiger partial charge in [-0.25, -0.2) is 0 Å². The summed E-state index contributed by atoms with van der Waals surface area (Å²) in [6.07, 6.45) is 0.715. The standard InChI is InChI=1S/C18H12BrN3O3S2/c19-14-7-6-13(25-14)15(23)21-22-17(24)12-9-11(27-16(12)20-18(22)26)8-10-4-2-1-3-5-10/h1-7,9H,8H2,(H,20,26)(H,21,23). The number of H-pyrrole nitrogens is 1. The predicted octanol–water partition coefficient (Wildman–Crippen LogP) is 4.45. The van der Waals surface area contributed by atoms with E-state index in [1.165, 1.54) is 17.4 Å². The van der Waals surface area contributed by atoms with Crippen LogP contribution in [0.3, 0.4) is 0 Å². The molecule has 0 aliphatic heterocycles. The summed E-state index contributed by atoms with van der Waals surface area (Å²) in [7, 11) is 0. The van der Waals surface area contributed by atoms with E-state index in [0.29, 0.717) is 21.3 Å². The summed E-state index contributed by atoms with van der Waals surface area (Å²) in [5.41, 5.74) is 3.25. The van der Waals surface area contributed by atoms with Crippen LogP contribution in [0.5, 0.6) is 0 Å². The Morgan fingerprint density at radius 3 is 2.74 bits per heavy atom. The van der Waals surface area contributed by atoms with Gasteiger partial charge >= 0.3 is 5.91 Å². The van der Waals surface area contributed by atoms with E-state index in [0.717, 1.165) is 15.1 Å². The number of halogens is 1. The Hall–Kier alpha value is -2.49. The third-order valence-electron chi connectivity index (χ3n) is 3.87. The molecule has 9 heteroatoms. The van der Waals surface area contributed by atoms with E-state index in [4.69, 9.17) is 16.6 Å². The summed E-state index contributed by atoms with van der Waals surface area (Å²) in [5, 5.41) is 0.473. The first-order valence-electron chi connectivity index (χ1n) is 7.89. The Balaban J connectivity index is 1.69. The number of nitrogens with one attached hydrogen (secondary N) is 2. The lowest BCUT2D eigenvalue weighted by atomic mass is 10.1. The molecule has 4 rings (SSSR count). The molecule has 3 heterocycles. The van der Waals surface area contributed by atoms with Crippen LogP contribution >= 0.6 is 39.5 Å². The summed E-state index contributed by atoms with van der Waals surface area (Å²) in [6.45, 7) is 0. The molecule has 1 amide bonds. The topological polar surface area (TPSA) is 80.0 Å². The number of hydrogen-bond acceptors (Lipinski definition) is 5. The quantitative estimate of drug-likeness (QED) is 0.440. The van der Waals surface area contributed by atoms with Gasteiger partial charge in [0.2, 0.25) is 4.77 Å². The maximum atomic E-state index is 12.8. The van der Waals surface area contributed by atoms with Gasteiger partial charge in [-0.15, -0.1) is 11.3 Å². The highest BCUT2D eigenvalue weighted by molar-refractivity contribution is 9.10. The highest BCUT2D eigenvalue weighted by atomic mass is 79.9. The Bertz CT molecular complexity index is 1250. The summed E-state index contributed by atoms with van der Waals surface area (Å²) in [4.78, 5) is 29.8. The maximum absolute atomic E-state index is 12.8. The van der Waals surface area contributed by atoms with E-state index >= 15 is 0 Å². The fourth-order valence-corrected chi connectivity index (χ4v) is 4.32. The first-order valence-corrected chi connectivity index (χ1v) is 9.91. The lowest BCUT2D eigenvalue weighted by Gasteiger charge is -2.06. The van der Waals surface area contributed by atoms with Crippen molar-refractivity contribution >= 4 is 55.6 Å². The molecule has 0 atom stereocenters. The van der Waals surface area contributed by atoms with Crippen molar-refractivity contribution in [1.82, 2.24) is 9.66 Å². The largest absolute Gasteiger partial charge is 0.444 e. The van der Waals surface area contributed by atoms with Gasteiger partial charge in [0.25, 0.3) is 5.56 Å². The number of carbonyl (C=O) groups is 1. The molecule has 3 aromatic heterocycles. The number of benzene rings is 1. The van der Waals surface area contributed by atoms with Crippen LogP contribution in [-0.4, -0.2) is 15.6 Å². The Morgan fingerprint density at radius 2 is 2.04 bits per heavy atom. The molecule has 0 saturated heterocycles. The van der Waals surface area contributed by atoms with Crippen molar-refractivity contribution in [3.63, 3.8) is 0 Å². The van der Waals surface area contributed by atoms with Gasteiger partial charge in [-0.3, -0.25) is 15.0 Å². The molecule has 4 aromatic rings. The monoisotopic (exact) mass is 461 g/mol. The number of thiophene rings is 1. The van der Waals surface area contributed by atoms with E-state index < -0.39 is 5.91 Å². The zero-order chi connectivity index (χ0) is 19.0. The molecular weight excluding hydrogens is 450 g/mol. The molecule has 0 aliphatic rings. The van der Waals surface area contributed by atoms with Crippen molar-refractivity contribution in [1.29, 1.82) is 0 Å². The van der Waals surface area contributed by atoms with Crippen LogP contribution in [0.4, 0.5) is 0 Å². The molecule has 0 bridgehead atoms. The number of aromatic amines is 1. The second-order valence-electron chi connectivity index (χ2n) is 5.73. The first-order chi connectivity index (χ1) is 13.0. The fourth-order valence-electron chi connectivity index (χ4n) is 2.64. The van der Waals surface area contributed by atoms with Crippen molar-refractivity contribution in [2.24, 2.45) is 0 Å². The van der Waals surface area contributed by atoms with Gasteiger partial charge in [0, 0.05) is 11.3 Å². The minimum Gasteiger partial charge on any atom is -0.444 e. The van der Waals surface area contributed by atoms with Crippen LogP contribution < -0.4 is 11.0 Å². The molecule has 0 fully saturated rings. The number of aromatic nitrogens is 2. The van der Waals surface area contributed by atoms with Gasteiger partial charge in [-0.2, -0.15) is 4.68 Å². The van der Waals surface area contributed by atoms with Crippen LogP contribution in [0.2, 0.25) is 0 Å². The van der Waals surface area contributed by atoms with E-state index in [2.05, 4.69) is 26.3 Å². The lowest BCUT2D eigenvalue weighted by molar-refractivity contribution is 0.0979. The van der Waals surface area contributed by atoms with E-state index in [9.17, 15) is 9.59 Å². The highest BCUT2D eigenvalue weighted by Gasteiger charge is 2.15. The van der Waals surface area contributed by atoms with Crippen LogP contribution in [0.15, 0.2) is 62.4 Å². The molecule has 6 nitrogen and oxygen atoms in total. The summed E-state index contributed by atoms with van der Waals surface area (Å²) >= 11 is 9.85. The average molecular weight is 462 g/mol. The Kier molecular flexibility index (Phi) is 4.81. The van der Waals surface area contributed by atoms with Crippen molar-refractivity contribution in [3.05, 3.63) is 84.5 Å². The van der Waals surface area contributed by atoms with E-state index in [-0.39, 0.29) is 16.1 Å². The van der Waals surface area contributed by atoms with E-state index in [1.807, 2.05) is 36.4 Å². The Morgan fingerprint density at radius 1 is 1.26 bits per heavy atom. The smallest absolute Gasteiger partial charge is 0.305 e. The minimum atomic E-state index is -0.568. The van der Waals surface area contributed by atoms with Crippen molar-refractivity contribution in [2.45, 2.75) is 6.42 Å². The second kappa shape index (κ2) is 7.26. The van der Waals surface area contributed by atoms with Crippen LogP contribution in [0, 0.1) is 4.77 Å². The zero-order valence-electron chi connectivity index (χ0n) is 13.7. The molecule has 0 aliphatic carbocycles. The first kappa shape index (κ1) is 17.9. The van der Waals surface area contributed by atoms with Gasteiger partial charge in [0.15, 0.2) is 10.4 Å². The maximum Gasteiger partial charge on any atom is 0.305 e.